The van der Waals surface area contributed by atoms with Gasteiger partial charge in [-0.3, -0.25) is 9.78 Å². The molecule has 5 heteroatoms. The second-order valence-electron chi connectivity index (χ2n) is 4.34. The number of aliphatic hydroxyl groups is 1. The van der Waals surface area contributed by atoms with Gasteiger partial charge in [0.1, 0.15) is 5.69 Å². The molecule has 0 bridgehead atoms. The number of nitrogens with one attached hydrogen (secondary N) is 1. The number of anilines is 1. The molecule has 1 rings (SSSR count). The molecular formula is C13H21N3O2. The molecule has 1 heterocycles. The van der Waals surface area contributed by atoms with Crippen LogP contribution in [0.25, 0.3) is 0 Å². The van der Waals surface area contributed by atoms with Crippen molar-refractivity contribution in [1.29, 1.82) is 0 Å². The molecule has 4 N–H and O–H groups in total. The summed E-state index contributed by atoms with van der Waals surface area (Å²) in [5.41, 5.74) is 6.26. The molecule has 0 fully saturated rings. The van der Waals surface area contributed by atoms with E-state index in [2.05, 4.69) is 17.2 Å². The summed E-state index contributed by atoms with van der Waals surface area (Å²) in [6.07, 6.45) is 4.51. The molecule has 0 saturated heterocycles. The molecule has 100 valence electrons. The minimum absolute atomic E-state index is 0.204. The van der Waals surface area contributed by atoms with Crippen LogP contribution in [0.1, 0.15) is 36.7 Å². The smallest absolute Gasteiger partial charge is 0.267 e. The highest BCUT2D eigenvalue weighted by molar-refractivity contribution is 5.91. The van der Waals surface area contributed by atoms with E-state index in [0.717, 1.165) is 31.5 Å². The van der Waals surface area contributed by atoms with E-state index in [1.807, 2.05) is 0 Å². The van der Waals surface area contributed by atoms with E-state index < -0.39 is 5.91 Å². The van der Waals surface area contributed by atoms with E-state index in [9.17, 15) is 4.79 Å². The molecule has 0 aromatic carbocycles. The quantitative estimate of drug-likeness (QED) is 0.651. The fourth-order valence-corrected chi connectivity index (χ4v) is 1.88. The van der Waals surface area contributed by atoms with E-state index in [0.29, 0.717) is 5.92 Å². The molecule has 1 amide bonds. The highest BCUT2D eigenvalue weighted by Crippen LogP contribution is 2.14. The molecule has 1 aromatic heterocycles. The van der Waals surface area contributed by atoms with Gasteiger partial charge in [-0.15, -0.1) is 0 Å². The van der Waals surface area contributed by atoms with Gasteiger partial charge in [-0.25, -0.2) is 0 Å². The molecule has 1 atom stereocenters. The van der Waals surface area contributed by atoms with Gasteiger partial charge in [0.05, 0.1) is 0 Å². The van der Waals surface area contributed by atoms with E-state index in [-0.39, 0.29) is 12.3 Å². The van der Waals surface area contributed by atoms with Gasteiger partial charge in [0.2, 0.25) is 0 Å². The third-order valence-corrected chi connectivity index (χ3v) is 2.84. The van der Waals surface area contributed by atoms with Crippen molar-refractivity contribution in [3.63, 3.8) is 0 Å². The summed E-state index contributed by atoms with van der Waals surface area (Å²) in [4.78, 5) is 14.9. The topological polar surface area (TPSA) is 88.2 Å². The van der Waals surface area contributed by atoms with Crippen LogP contribution in [0.4, 0.5) is 5.69 Å². The van der Waals surface area contributed by atoms with Crippen LogP contribution in [0.5, 0.6) is 0 Å². The van der Waals surface area contributed by atoms with Gasteiger partial charge in [0.25, 0.3) is 5.91 Å². The number of carbonyl (C=O) groups excluding carboxylic acids is 1. The number of hydrogen-bond donors (Lipinski definition) is 3. The van der Waals surface area contributed by atoms with Crippen molar-refractivity contribution >= 4 is 11.6 Å². The third-order valence-electron chi connectivity index (χ3n) is 2.84. The number of hydrogen-bond acceptors (Lipinski definition) is 4. The predicted octanol–water partition coefficient (Wildman–Crippen LogP) is 1.39. The molecular weight excluding hydrogens is 230 g/mol. The van der Waals surface area contributed by atoms with Crippen molar-refractivity contribution in [3.05, 3.63) is 24.0 Å². The SMILES string of the molecule is CCCC(CCO)CNc1ccnc(C(N)=O)c1. The first-order valence-corrected chi connectivity index (χ1v) is 6.28. The van der Waals surface area contributed by atoms with Crippen LogP contribution in [0, 0.1) is 5.92 Å². The molecule has 0 saturated carbocycles. The lowest BCUT2D eigenvalue weighted by molar-refractivity contribution is 0.0995. The summed E-state index contributed by atoms with van der Waals surface area (Å²) in [5, 5.41) is 12.2. The Hall–Kier alpha value is -1.62. The molecule has 0 aliphatic rings. The van der Waals surface area contributed by atoms with Gasteiger partial charge in [-0.05, 0) is 30.9 Å². The number of primary amides is 1. The van der Waals surface area contributed by atoms with Crippen LogP contribution in [-0.4, -0.2) is 29.1 Å². The maximum atomic E-state index is 11.0. The summed E-state index contributed by atoms with van der Waals surface area (Å²) in [7, 11) is 0. The minimum atomic E-state index is -0.529. The highest BCUT2D eigenvalue weighted by Gasteiger charge is 2.08. The molecule has 18 heavy (non-hydrogen) atoms. The van der Waals surface area contributed by atoms with Crippen LogP contribution < -0.4 is 11.1 Å². The molecule has 0 spiro atoms. The minimum Gasteiger partial charge on any atom is -0.396 e. The van der Waals surface area contributed by atoms with E-state index in [1.54, 1.807) is 18.3 Å². The number of nitrogens with zero attached hydrogens (tertiary/aromatic N) is 1. The number of pyridine rings is 1. The van der Waals surface area contributed by atoms with Crippen LogP contribution in [0.3, 0.4) is 0 Å². The van der Waals surface area contributed by atoms with Gasteiger partial charge >= 0.3 is 0 Å². The van der Waals surface area contributed by atoms with Crippen molar-refractivity contribution in [1.82, 2.24) is 4.98 Å². The van der Waals surface area contributed by atoms with Crippen LogP contribution in [0.15, 0.2) is 18.3 Å². The van der Waals surface area contributed by atoms with Gasteiger partial charge in [-0.1, -0.05) is 13.3 Å². The standard InChI is InChI=1S/C13H21N3O2/c1-2-3-10(5-7-17)9-16-11-4-6-15-12(8-11)13(14)18/h4,6,8,10,17H,2-3,5,7,9H2,1H3,(H2,14,18)(H,15,16). The monoisotopic (exact) mass is 251 g/mol. The summed E-state index contributed by atoms with van der Waals surface area (Å²) < 4.78 is 0. The van der Waals surface area contributed by atoms with Gasteiger partial charge in [0.15, 0.2) is 0 Å². The first-order chi connectivity index (χ1) is 8.67. The van der Waals surface area contributed by atoms with Crippen molar-refractivity contribution in [2.24, 2.45) is 11.7 Å². The Kier molecular flexibility index (Phi) is 6.14. The fourth-order valence-electron chi connectivity index (χ4n) is 1.88. The normalized spacial score (nSPS) is 12.1. The predicted molar refractivity (Wildman–Crippen MR) is 71.3 cm³/mol. The third kappa shape index (κ3) is 4.71. The average molecular weight is 251 g/mol. The number of amides is 1. The van der Waals surface area contributed by atoms with Crippen molar-refractivity contribution < 1.29 is 9.90 Å². The van der Waals surface area contributed by atoms with Gasteiger partial charge in [-0.2, -0.15) is 0 Å². The Balaban J connectivity index is 2.55. The maximum absolute atomic E-state index is 11.0. The maximum Gasteiger partial charge on any atom is 0.267 e. The Labute approximate surface area is 107 Å². The largest absolute Gasteiger partial charge is 0.396 e. The Morgan fingerprint density at radius 3 is 2.94 bits per heavy atom. The number of aliphatic hydroxyl groups excluding tert-OH is 1. The fraction of sp³-hybridized carbons (Fsp3) is 0.538. The molecule has 0 aliphatic heterocycles. The Bertz CT molecular complexity index is 376. The van der Waals surface area contributed by atoms with Crippen molar-refractivity contribution in [3.8, 4) is 0 Å². The Morgan fingerprint density at radius 2 is 2.33 bits per heavy atom. The second-order valence-corrected chi connectivity index (χ2v) is 4.34. The number of rotatable bonds is 8. The lowest BCUT2D eigenvalue weighted by Gasteiger charge is -2.16. The number of aromatic nitrogens is 1. The Morgan fingerprint density at radius 1 is 1.56 bits per heavy atom. The zero-order chi connectivity index (χ0) is 13.4. The molecule has 5 nitrogen and oxygen atoms in total. The highest BCUT2D eigenvalue weighted by atomic mass is 16.3. The summed E-state index contributed by atoms with van der Waals surface area (Å²) >= 11 is 0. The molecule has 1 unspecified atom stereocenters. The lowest BCUT2D eigenvalue weighted by atomic mass is 10.0. The van der Waals surface area contributed by atoms with Crippen LogP contribution >= 0.6 is 0 Å². The van der Waals surface area contributed by atoms with E-state index >= 15 is 0 Å². The van der Waals surface area contributed by atoms with Crippen molar-refractivity contribution in [2.45, 2.75) is 26.2 Å². The average Bonchev–Trinajstić information content (AvgIpc) is 2.37. The number of carbonyl (C=O) groups is 1. The van der Waals surface area contributed by atoms with Gasteiger partial charge < -0.3 is 16.2 Å². The van der Waals surface area contributed by atoms with E-state index in [4.69, 9.17) is 10.8 Å². The summed E-state index contributed by atoms with van der Waals surface area (Å²) in [5.74, 6) is -0.0932. The first-order valence-electron chi connectivity index (χ1n) is 6.28. The molecule has 0 aliphatic carbocycles. The molecule has 0 radical (unpaired) electrons. The zero-order valence-corrected chi connectivity index (χ0v) is 10.7. The summed E-state index contributed by atoms with van der Waals surface area (Å²) in [6.45, 7) is 3.11. The summed E-state index contributed by atoms with van der Waals surface area (Å²) in [6, 6.07) is 3.44. The van der Waals surface area contributed by atoms with E-state index in [1.165, 1.54) is 0 Å². The first kappa shape index (κ1) is 14.4. The van der Waals surface area contributed by atoms with Crippen LogP contribution in [-0.2, 0) is 0 Å². The number of nitrogens with two attached hydrogens (primary N) is 1. The van der Waals surface area contributed by atoms with Crippen LogP contribution in [0.2, 0.25) is 0 Å². The zero-order valence-electron chi connectivity index (χ0n) is 10.7. The second kappa shape index (κ2) is 7.66. The lowest BCUT2D eigenvalue weighted by Crippen LogP contribution is -2.17. The molecule has 1 aromatic rings. The van der Waals surface area contributed by atoms with Crippen molar-refractivity contribution in [2.75, 3.05) is 18.5 Å². The van der Waals surface area contributed by atoms with Gasteiger partial charge in [0, 0.05) is 25.0 Å².